The first kappa shape index (κ1) is 23.5. The minimum atomic E-state index is -3.51. The molecular formula is C27H35N3O3S. The molecule has 0 spiro atoms. The van der Waals surface area contributed by atoms with Gasteiger partial charge in [0.25, 0.3) is 0 Å². The number of piperidine rings is 1. The molecule has 6 nitrogen and oxygen atoms in total. The van der Waals surface area contributed by atoms with Gasteiger partial charge in [0.15, 0.2) is 0 Å². The van der Waals surface area contributed by atoms with E-state index < -0.39 is 10.0 Å². The normalized spacial score (nSPS) is 22.4. The largest absolute Gasteiger partial charge is 0.352 e. The molecule has 0 bridgehead atoms. The summed E-state index contributed by atoms with van der Waals surface area (Å²) in [5, 5.41) is 3.24. The van der Waals surface area contributed by atoms with Gasteiger partial charge in [0.1, 0.15) is 0 Å². The van der Waals surface area contributed by atoms with E-state index in [9.17, 15) is 13.2 Å². The van der Waals surface area contributed by atoms with Crippen molar-refractivity contribution < 1.29 is 13.2 Å². The Hall–Kier alpha value is -2.22. The first-order chi connectivity index (χ1) is 16.5. The highest BCUT2D eigenvalue weighted by molar-refractivity contribution is 7.89. The lowest BCUT2D eigenvalue weighted by molar-refractivity contribution is -0.126. The second-order valence-electron chi connectivity index (χ2n) is 10.0. The van der Waals surface area contributed by atoms with Gasteiger partial charge in [0, 0.05) is 44.7 Å². The second kappa shape index (κ2) is 10.2. The third-order valence-corrected chi connectivity index (χ3v) is 9.54. The lowest BCUT2D eigenvalue weighted by Gasteiger charge is -2.31. The van der Waals surface area contributed by atoms with Crippen molar-refractivity contribution in [2.45, 2.75) is 62.4 Å². The van der Waals surface area contributed by atoms with E-state index >= 15 is 0 Å². The standard InChI is InChI=1S/C27H35N3O3S/c31-27(28-25-14-15-29(20-25)19-21-6-2-1-3-7-21)23-12-16-30(17-13-23)34(32,33)26-11-10-22-8-4-5-9-24(22)18-26/h1-3,6-7,10-11,18,23,25H,4-5,8-9,12-17,19-20H2,(H,28,31). The Labute approximate surface area is 203 Å². The zero-order valence-electron chi connectivity index (χ0n) is 19.8. The van der Waals surface area contributed by atoms with Crippen LogP contribution in [0.2, 0.25) is 0 Å². The van der Waals surface area contributed by atoms with Crippen LogP contribution in [0.3, 0.4) is 0 Å². The van der Waals surface area contributed by atoms with Crippen molar-refractivity contribution in [3.8, 4) is 0 Å². The minimum Gasteiger partial charge on any atom is -0.352 e. The fourth-order valence-electron chi connectivity index (χ4n) is 5.63. The van der Waals surface area contributed by atoms with E-state index in [1.54, 1.807) is 10.4 Å². The number of rotatable bonds is 6. The summed E-state index contributed by atoms with van der Waals surface area (Å²) >= 11 is 0. The van der Waals surface area contributed by atoms with Gasteiger partial charge in [-0.05, 0) is 73.8 Å². The van der Waals surface area contributed by atoms with E-state index in [2.05, 4.69) is 34.5 Å². The molecule has 1 aliphatic carbocycles. The molecule has 2 aliphatic heterocycles. The summed E-state index contributed by atoms with van der Waals surface area (Å²) in [6.07, 6.45) is 6.44. The number of aryl methyl sites for hydroxylation is 2. The molecule has 34 heavy (non-hydrogen) atoms. The molecule has 0 saturated carbocycles. The molecule has 0 radical (unpaired) electrons. The quantitative estimate of drug-likeness (QED) is 0.687. The first-order valence-corrected chi connectivity index (χ1v) is 14.1. The number of carbonyl (C=O) groups is 1. The Morgan fingerprint density at radius 3 is 2.41 bits per heavy atom. The minimum absolute atomic E-state index is 0.0809. The van der Waals surface area contributed by atoms with Gasteiger partial charge in [0.2, 0.25) is 15.9 Å². The number of sulfonamides is 1. The van der Waals surface area contributed by atoms with Crippen molar-refractivity contribution in [2.24, 2.45) is 5.92 Å². The molecule has 2 aromatic carbocycles. The van der Waals surface area contributed by atoms with Crippen LogP contribution in [-0.2, 0) is 34.2 Å². The first-order valence-electron chi connectivity index (χ1n) is 12.7. The highest BCUT2D eigenvalue weighted by Crippen LogP contribution is 2.28. The summed E-state index contributed by atoms with van der Waals surface area (Å²) in [6.45, 7) is 3.57. The zero-order valence-corrected chi connectivity index (χ0v) is 20.6. The Morgan fingerprint density at radius 1 is 0.912 bits per heavy atom. The van der Waals surface area contributed by atoms with Crippen LogP contribution >= 0.6 is 0 Å². The maximum absolute atomic E-state index is 13.2. The average molecular weight is 482 g/mol. The van der Waals surface area contributed by atoms with Crippen LogP contribution in [0.5, 0.6) is 0 Å². The number of amides is 1. The molecule has 7 heteroatoms. The molecular weight excluding hydrogens is 446 g/mol. The fourth-order valence-corrected chi connectivity index (χ4v) is 7.15. The Bertz CT molecular complexity index is 1110. The molecule has 3 aliphatic rings. The van der Waals surface area contributed by atoms with Crippen molar-refractivity contribution in [3.05, 3.63) is 65.2 Å². The monoisotopic (exact) mass is 481 g/mol. The number of hydrogen-bond acceptors (Lipinski definition) is 4. The summed E-state index contributed by atoms with van der Waals surface area (Å²) < 4.78 is 28.0. The summed E-state index contributed by atoms with van der Waals surface area (Å²) in [5.41, 5.74) is 3.76. The predicted octanol–water partition coefficient (Wildman–Crippen LogP) is 3.36. The topological polar surface area (TPSA) is 69.7 Å². The van der Waals surface area contributed by atoms with E-state index in [0.29, 0.717) is 30.8 Å². The molecule has 2 saturated heterocycles. The maximum Gasteiger partial charge on any atom is 0.243 e. The van der Waals surface area contributed by atoms with Gasteiger partial charge in [-0.15, -0.1) is 0 Å². The Balaban J connectivity index is 1.12. The lowest BCUT2D eigenvalue weighted by atomic mass is 9.92. The van der Waals surface area contributed by atoms with E-state index in [4.69, 9.17) is 0 Å². The molecule has 0 aromatic heterocycles. The van der Waals surface area contributed by atoms with Crippen LogP contribution in [0, 0.1) is 5.92 Å². The smallest absolute Gasteiger partial charge is 0.243 e. The van der Waals surface area contributed by atoms with Gasteiger partial charge in [-0.2, -0.15) is 4.31 Å². The van der Waals surface area contributed by atoms with Crippen molar-refractivity contribution >= 4 is 15.9 Å². The maximum atomic E-state index is 13.2. The number of carbonyl (C=O) groups excluding carboxylic acids is 1. The van der Waals surface area contributed by atoms with Gasteiger partial charge in [-0.3, -0.25) is 9.69 Å². The number of likely N-dealkylation sites (tertiary alicyclic amines) is 1. The van der Waals surface area contributed by atoms with Gasteiger partial charge >= 0.3 is 0 Å². The van der Waals surface area contributed by atoms with E-state index in [0.717, 1.165) is 45.3 Å². The Kier molecular flexibility index (Phi) is 7.04. The van der Waals surface area contributed by atoms with Gasteiger partial charge < -0.3 is 5.32 Å². The highest BCUT2D eigenvalue weighted by Gasteiger charge is 2.34. The van der Waals surface area contributed by atoms with Crippen molar-refractivity contribution in [1.29, 1.82) is 0 Å². The van der Waals surface area contributed by atoms with Gasteiger partial charge in [-0.25, -0.2) is 8.42 Å². The summed E-state index contributed by atoms with van der Waals surface area (Å²) in [4.78, 5) is 15.7. The average Bonchev–Trinajstić information content (AvgIpc) is 3.30. The molecule has 1 N–H and O–H groups in total. The van der Waals surface area contributed by atoms with Crippen LogP contribution in [0.4, 0.5) is 0 Å². The van der Waals surface area contributed by atoms with E-state index in [1.807, 2.05) is 18.2 Å². The number of nitrogens with zero attached hydrogens (tertiary/aromatic N) is 2. The van der Waals surface area contributed by atoms with Crippen molar-refractivity contribution in [3.63, 3.8) is 0 Å². The SMILES string of the molecule is O=C(NC1CCN(Cc2ccccc2)C1)C1CCN(S(=O)(=O)c2ccc3c(c2)CCCC3)CC1. The van der Waals surface area contributed by atoms with Crippen LogP contribution in [-0.4, -0.2) is 55.8 Å². The zero-order chi connectivity index (χ0) is 23.5. The molecule has 1 atom stereocenters. The molecule has 1 unspecified atom stereocenters. The van der Waals surface area contributed by atoms with Crippen LogP contribution < -0.4 is 5.32 Å². The molecule has 2 fully saturated rings. The predicted molar refractivity (Wildman–Crippen MR) is 133 cm³/mol. The van der Waals surface area contributed by atoms with Crippen molar-refractivity contribution in [1.82, 2.24) is 14.5 Å². The van der Waals surface area contributed by atoms with Gasteiger partial charge in [-0.1, -0.05) is 36.4 Å². The van der Waals surface area contributed by atoms with Crippen LogP contribution in [0.15, 0.2) is 53.4 Å². The van der Waals surface area contributed by atoms with E-state index in [-0.39, 0.29) is 17.9 Å². The molecule has 182 valence electrons. The summed E-state index contributed by atoms with van der Waals surface area (Å²) in [6, 6.07) is 16.2. The summed E-state index contributed by atoms with van der Waals surface area (Å²) in [7, 11) is -3.51. The highest BCUT2D eigenvalue weighted by atomic mass is 32.2. The summed E-state index contributed by atoms with van der Waals surface area (Å²) in [5.74, 6) is -0.0319. The number of benzene rings is 2. The molecule has 2 aromatic rings. The third-order valence-electron chi connectivity index (χ3n) is 7.65. The van der Waals surface area contributed by atoms with Crippen molar-refractivity contribution in [2.75, 3.05) is 26.2 Å². The van der Waals surface area contributed by atoms with Gasteiger partial charge in [0.05, 0.1) is 4.90 Å². The lowest BCUT2D eigenvalue weighted by Crippen LogP contribution is -2.45. The molecule has 2 heterocycles. The second-order valence-corrected chi connectivity index (χ2v) is 12.0. The van der Waals surface area contributed by atoms with Crippen LogP contribution in [0.1, 0.15) is 48.8 Å². The van der Waals surface area contributed by atoms with Crippen LogP contribution in [0.25, 0.3) is 0 Å². The number of nitrogens with one attached hydrogen (secondary N) is 1. The fraction of sp³-hybridized carbons (Fsp3) is 0.519. The molecule has 5 rings (SSSR count). The van der Waals surface area contributed by atoms with E-state index in [1.165, 1.54) is 23.1 Å². The molecule has 1 amide bonds. The number of hydrogen-bond donors (Lipinski definition) is 1. The Morgan fingerprint density at radius 2 is 1.65 bits per heavy atom. The number of fused-ring (bicyclic) bond motifs is 1. The third kappa shape index (κ3) is 5.21.